The highest BCUT2D eigenvalue weighted by molar-refractivity contribution is 7.89. The van der Waals surface area contributed by atoms with Crippen LogP contribution in [0.2, 0.25) is 0 Å². The molecule has 0 spiro atoms. The molecule has 0 aliphatic carbocycles. The zero-order valence-corrected chi connectivity index (χ0v) is 20.3. The Bertz CT molecular complexity index is 1180. The normalized spacial score (nSPS) is 13.0. The summed E-state index contributed by atoms with van der Waals surface area (Å²) in [6, 6.07) is 21.4. The topological polar surface area (TPSA) is 93.7 Å². The van der Waals surface area contributed by atoms with E-state index < -0.39 is 28.0 Å². The fraction of sp³-hybridized carbons (Fsp3) is 0.269. The Kier molecular flexibility index (Phi) is 8.67. The fourth-order valence-electron chi connectivity index (χ4n) is 3.59. The molecule has 0 aromatic heterocycles. The third-order valence-electron chi connectivity index (χ3n) is 5.31. The standard InChI is InChI=1S/C26H30N2O5S/c1-4-33-21-14-16-22(17-15-21)34(30,31)28-24(18-20-10-6-5-7-11-20)26(29)27-19(2)23-12-8-9-13-25(23)32-3/h5-17,19,24,28H,4,18H2,1-3H3,(H,27,29)/t19-,24+/m1/s1. The van der Waals surface area contributed by atoms with Crippen LogP contribution in [-0.4, -0.2) is 34.1 Å². The second-order valence-electron chi connectivity index (χ2n) is 7.74. The van der Waals surface area contributed by atoms with Crippen molar-refractivity contribution in [1.82, 2.24) is 10.0 Å². The van der Waals surface area contributed by atoms with Crippen molar-refractivity contribution in [3.8, 4) is 11.5 Å². The number of methoxy groups -OCH3 is 1. The van der Waals surface area contributed by atoms with Gasteiger partial charge in [-0.05, 0) is 56.2 Å². The maximum absolute atomic E-state index is 13.3. The lowest BCUT2D eigenvalue weighted by molar-refractivity contribution is -0.123. The second-order valence-corrected chi connectivity index (χ2v) is 9.45. The van der Waals surface area contributed by atoms with Crippen LogP contribution in [0.1, 0.15) is 31.0 Å². The molecular formula is C26H30N2O5S. The SMILES string of the molecule is CCOc1ccc(S(=O)(=O)N[C@@H](Cc2ccccc2)C(=O)N[C@H](C)c2ccccc2OC)cc1. The zero-order chi connectivity index (χ0) is 24.6. The lowest BCUT2D eigenvalue weighted by atomic mass is 10.0. The van der Waals surface area contributed by atoms with Crippen LogP contribution in [0.5, 0.6) is 11.5 Å². The van der Waals surface area contributed by atoms with Gasteiger partial charge in [0.15, 0.2) is 0 Å². The predicted molar refractivity (Wildman–Crippen MR) is 131 cm³/mol. The molecule has 7 nitrogen and oxygen atoms in total. The molecule has 0 radical (unpaired) electrons. The van der Waals surface area contributed by atoms with Crippen LogP contribution < -0.4 is 19.5 Å². The summed E-state index contributed by atoms with van der Waals surface area (Å²) in [7, 11) is -2.39. The lowest BCUT2D eigenvalue weighted by Gasteiger charge is -2.23. The first kappa shape index (κ1) is 25.3. The average Bonchev–Trinajstić information content (AvgIpc) is 2.84. The monoisotopic (exact) mass is 482 g/mol. The highest BCUT2D eigenvalue weighted by Crippen LogP contribution is 2.24. The molecule has 3 rings (SSSR count). The summed E-state index contributed by atoms with van der Waals surface area (Å²) in [6.07, 6.45) is 0.196. The third-order valence-corrected chi connectivity index (χ3v) is 6.79. The van der Waals surface area contributed by atoms with Crippen molar-refractivity contribution in [2.24, 2.45) is 0 Å². The minimum atomic E-state index is -3.96. The average molecular weight is 483 g/mol. The summed E-state index contributed by atoms with van der Waals surface area (Å²) < 4.78 is 39.6. The van der Waals surface area contributed by atoms with Gasteiger partial charge in [0.25, 0.3) is 0 Å². The van der Waals surface area contributed by atoms with Gasteiger partial charge >= 0.3 is 0 Å². The molecule has 2 N–H and O–H groups in total. The summed E-state index contributed by atoms with van der Waals surface area (Å²) in [4.78, 5) is 13.3. The van der Waals surface area contributed by atoms with Crippen molar-refractivity contribution < 1.29 is 22.7 Å². The highest BCUT2D eigenvalue weighted by Gasteiger charge is 2.27. The number of hydrogen-bond acceptors (Lipinski definition) is 5. The number of sulfonamides is 1. The van der Waals surface area contributed by atoms with Crippen LogP contribution in [0.25, 0.3) is 0 Å². The van der Waals surface area contributed by atoms with Gasteiger partial charge < -0.3 is 14.8 Å². The van der Waals surface area contributed by atoms with Crippen molar-refractivity contribution >= 4 is 15.9 Å². The molecule has 0 unspecified atom stereocenters. The fourth-order valence-corrected chi connectivity index (χ4v) is 4.79. The second kappa shape index (κ2) is 11.7. The Morgan fingerprint density at radius 1 is 0.941 bits per heavy atom. The molecule has 34 heavy (non-hydrogen) atoms. The maximum atomic E-state index is 13.3. The molecule has 0 saturated heterocycles. The van der Waals surface area contributed by atoms with Crippen LogP contribution in [0.4, 0.5) is 0 Å². The molecule has 0 saturated carbocycles. The number of rotatable bonds is 11. The number of para-hydroxylation sites is 1. The van der Waals surface area contributed by atoms with Gasteiger partial charge in [0.05, 0.1) is 24.7 Å². The third kappa shape index (κ3) is 6.59. The Morgan fingerprint density at radius 2 is 1.59 bits per heavy atom. The van der Waals surface area contributed by atoms with Gasteiger partial charge in [0.1, 0.15) is 17.5 Å². The molecule has 0 heterocycles. The van der Waals surface area contributed by atoms with Crippen molar-refractivity contribution in [3.05, 3.63) is 90.0 Å². The predicted octanol–water partition coefficient (Wildman–Crippen LogP) is 3.86. The van der Waals surface area contributed by atoms with Gasteiger partial charge in [-0.1, -0.05) is 48.5 Å². The van der Waals surface area contributed by atoms with Crippen molar-refractivity contribution in [1.29, 1.82) is 0 Å². The molecule has 0 fully saturated rings. The molecule has 0 bridgehead atoms. The van der Waals surface area contributed by atoms with E-state index in [1.54, 1.807) is 19.2 Å². The van der Waals surface area contributed by atoms with E-state index in [1.807, 2.05) is 68.4 Å². The lowest BCUT2D eigenvalue weighted by Crippen LogP contribution is -2.48. The van der Waals surface area contributed by atoms with E-state index in [4.69, 9.17) is 9.47 Å². The van der Waals surface area contributed by atoms with Crippen molar-refractivity contribution in [2.75, 3.05) is 13.7 Å². The number of benzene rings is 3. The van der Waals surface area contributed by atoms with Crippen LogP contribution in [0.3, 0.4) is 0 Å². The highest BCUT2D eigenvalue weighted by atomic mass is 32.2. The van der Waals surface area contributed by atoms with E-state index in [1.165, 1.54) is 12.1 Å². The summed E-state index contributed by atoms with van der Waals surface area (Å²) >= 11 is 0. The number of hydrogen-bond donors (Lipinski definition) is 2. The molecule has 2 atom stereocenters. The van der Waals surface area contributed by atoms with E-state index in [9.17, 15) is 13.2 Å². The van der Waals surface area contributed by atoms with Crippen molar-refractivity contribution in [3.63, 3.8) is 0 Å². The van der Waals surface area contributed by atoms with E-state index in [0.717, 1.165) is 11.1 Å². The van der Waals surface area contributed by atoms with E-state index in [0.29, 0.717) is 18.1 Å². The van der Waals surface area contributed by atoms with Crippen molar-refractivity contribution in [2.45, 2.75) is 37.2 Å². The van der Waals surface area contributed by atoms with Gasteiger partial charge in [0, 0.05) is 5.56 Å². The first-order chi connectivity index (χ1) is 16.3. The smallest absolute Gasteiger partial charge is 0.241 e. The van der Waals surface area contributed by atoms with Gasteiger partial charge in [-0.25, -0.2) is 8.42 Å². The number of nitrogens with one attached hydrogen (secondary N) is 2. The minimum absolute atomic E-state index is 0.0552. The Morgan fingerprint density at radius 3 is 2.24 bits per heavy atom. The summed E-state index contributed by atoms with van der Waals surface area (Å²) in [5, 5.41) is 2.93. The molecule has 3 aromatic rings. The zero-order valence-electron chi connectivity index (χ0n) is 19.5. The minimum Gasteiger partial charge on any atom is -0.496 e. The summed E-state index contributed by atoms with van der Waals surface area (Å²) in [5.41, 5.74) is 1.63. The van der Waals surface area contributed by atoms with E-state index in [-0.39, 0.29) is 11.3 Å². The summed E-state index contributed by atoms with van der Waals surface area (Å²) in [5.74, 6) is 0.785. The number of carbonyl (C=O) groups is 1. The quantitative estimate of drug-likeness (QED) is 0.433. The number of carbonyl (C=O) groups excluding carboxylic acids is 1. The molecule has 8 heteroatoms. The number of ether oxygens (including phenoxy) is 2. The van der Waals surface area contributed by atoms with E-state index >= 15 is 0 Å². The summed E-state index contributed by atoms with van der Waals surface area (Å²) in [6.45, 7) is 4.16. The molecule has 1 amide bonds. The Hall–Kier alpha value is -3.36. The Labute approximate surface area is 201 Å². The molecule has 0 aliphatic rings. The molecule has 3 aromatic carbocycles. The maximum Gasteiger partial charge on any atom is 0.241 e. The van der Waals surface area contributed by atoms with Crippen LogP contribution in [0, 0.1) is 0 Å². The van der Waals surface area contributed by atoms with Crippen LogP contribution in [0.15, 0.2) is 83.8 Å². The van der Waals surface area contributed by atoms with E-state index in [2.05, 4.69) is 10.0 Å². The largest absolute Gasteiger partial charge is 0.496 e. The first-order valence-corrected chi connectivity index (χ1v) is 12.5. The van der Waals surface area contributed by atoms with Gasteiger partial charge in [-0.3, -0.25) is 4.79 Å². The van der Waals surface area contributed by atoms with Gasteiger partial charge in [-0.2, -0.15) is 4.72 Å². The van der Waals surface area contributed by atoms with Crippen LogP contribution in [-0.2, 0) is 21.2 Å². The van der Waals surface area contributed by atoms with Crippen LogP contribution >= 0.6 is 0 Å². The van der Waals surface area contributed by atoms with Gasteiger partial charge in [0.2, 0.25) is 15.9 Å². The Balaban J connectivity index is 1.83. The molecule has 0 aliphatic heterocycles. The number of amides is 1. The molecule has 180 valence electrons. The van der Waals surface area contributed by atoms with Gasteiger partial charge in [-0.15, -0.1) is 0 Å². The first-order valence-electron chi connectivity index (χ1n) is 11.1. The molecular weight excluding hydrogens is 452 g/mol.